The van der Waals surface area contributed by atoms with E-state index in [0.29, 0.717) is 0 Å². The van der Waals surface area contributed by atoms with Gasteiger partial charge in [0.2, 0.25) is 0 Å². The first-order valence-corrected chi connectivity index (χ1v) is 4.27. The summed E-state index contributed by atoms with van der Waals surface area (Å²) in [4.78, 5) is 8.56. The molecule has 0 aliphatic carbocycles. The Bertz CT molecular complexity index is 41.4. The van der Waals surface area contributed by atoms with Crippen molar-refractivity contribution in [2.45, 2.75) is 7.44 Å². The molecule has 0 heterocycles. The minimum Gasteiger partial charge on any atom is -0.450 e. The molecule has 0 spiro atoms. The van der Waals surface area contributed by atoms with Gasteiger partial charge in [-0.1, -0.05) is 0 Å². The SMILES string of the molecule is C[CH2][K].O=C(O)O. The Morgan fingerprint density at radius 2 is 1.71 bits per heavy atom. The summed E-state index contributed by atoms with van der Waals surface area (Å²) in [6.45, 7) is 2.21. The molecular weight excluding hydrogens is 123 g/mol. The molecular formula is C3H7KO3. The second kappa shape index (κ2) is 10.0. The zero-order chi connectivity index (χ0) is 6.28. The van der Waals surface area contributed by atoms with E-state index in [9.17, 15) is 0 Å². The van der Waals surface area contributed by atoms with Gasteiger partial charge in [0, 0.05) is 0 Å². The van der Waals surface area contributed by atoms with Crippen LogP contribution in [0, 0.1) is 0 Å². The molecule has 2 N–H and O–H groups in total. The number of hydrogen-bond donors (Lipinski definition) is 2. The summed E-state index contributed by atoms with van der Waals surface area (Å²) in [6, 6.07) is 0. The summed E-state index contributed by atoms with van der Waals surface area (Å²) >= 11 is 1.10. The molecule has 7 heavy (non-hydrogen) atoms. The molecule has 0 saturated carbocycles. The summed E-state index contributed by atoms with van der Waals surface area (Å²) in [5, 5.41) is 13.9. The van der Waals surface area contributed by atoms with E-state index in [1.807, 2.05) is 0 Å². The Morgan fingerprint density at radius 1 is 1.71 bits per heavy atom. The van der Waals surface area contributed by atoms with Gasteiger partial charge in [0.05, 0.1) is 0 Å². The largest absolute Gasteiger partial charge is 0.503 e. The summed E-state index contributed by atoms with van der Waals surface area (Å²) in [5.74, 6) is 0. The van der Waals surface area contributed by atoms with E-state index < -0.39 is 6.16 Å². The summed E-state index contributed by atoms with van der Waals surface area (Å²) in [5.41, 5.74) is 0. The maximum absolute atomic E-state index is 8.56. The van der Waals surface area contributed by atoms with E-state index in [-0.39, 0.29) is 0 Å². The molecule has 0 radical (unpaired) electrons. The average Bonchev–Trinajstić information content (AvgIpc) is 1.33. The van der Waals surface area contributed by atoms with Gasteiger partial charge >= 0.3 is 62.5 Å². The van der Waals surface area contributed by atoms with Crippen LogP contribution in [0.5, 0.6) is 0 Å². The van der Waals surface area contributed by atoms with Crippen molar-refractivity contribution < 1.29 is 15.0 Å². The molecule has 0 atom stereocenters. The van der Waals surface area contributed by atoms with Crippen molar-refractivity contribution in [2.24, 2.45) is 0 Å². The van der Waals surface area contributed by atoms with Crippen molar-refractivity contribution in [1.82, 2.24) is 0 Å². The van der Waals surface area contributed by atoms with Crippen LogP contribution >= 0.6 is 0 Å². The average molecular weight is 130 g/mol. The summed E-state index contributed by atoms with van der Waals surface area (Å²) in [7, 11) is 0. The number of carbonyl (C=O) groups is 1. The van der Waals surface area contributed by atoms with E-state index >= 15 is 0 Å². The monoisotopic (exact) mass is 130 g/mol. The van der Waals surface area contributed by atoms with Gasteiger partial charge in [-0.05, 0) is 0 Å². The third-order valence-electron chi connectivity index (χ3n) is 0. The normalized spacial score (nSPS) is 6.14. The Hall–Kier alpha value is 0.906. The first-order chi connectivity index (χ1) is 3.15. The molecule has 4 heteroatoms. The molecule has 0 aliphatic heterocycles. The van der Waals surface area contributed by atoms with Crippen LogP contribution in [0.25, 0.3) is 0 Å². The van der Waals surface area contributed by atoms with Crippen molar-refractivity contribution in [2.75, 3.05) is 0 Å². The predicted molar refractivity (Wildman–Crippen MR) is 26.9 cm³/mol. The molecule has 0 aromatic rings. The van der Waals surface area contributed by atoms with Crippen molar-refractivity contribution in [3.8, 4) is 0 Å². The smallest absolute Gasteiger partial charge is 0.450 e. The second-order valence-electron chi connectivity index (χ2n) is 0.990. The standard InChI is InChI=1S/C2H5.CH2O3.K/c1-2;2-1(3)4;/h1H2,2H3;(H2,2,3,4);. The zero-order valence-electron chi connectivity index (χ0n) is 4.51. The third-order valence-corrected chi connectivity index (χ3v) is 0. The Morgan fingerprint density at radius 3 is 1.71 bits per heavy atom. The molecule has 0 amide bonds. The number of hydrogen-bond acceptors (Lipinski definition) is 1. The molecule has 3 nitrogen and oxygen atoms in total. The van der Waals surface area contributed by atoms with Crippen LogP contribution in [-0.4, -0.2) is 65.3 Å². The van der Waals surface area contributed by atoms with Crippen molar-refractivity contribution in [1.29, 1.82) is 0 Å². The van der Waals surface area contributed by atoms with Gasteiger partial charge in [0.25, 0.3) is 0 Å². The number of rotatable bonds is 0. The van der Waals surface area contributed by atoms with E-state index in [0.717, 1.165) is 49.0 Å². The fourth-order valence-electron chi connectivity index (χ4n) is 0. The third kappa shape index (κ3) is 202. The maximum atomic E-state index is 8.56. The molecule has 0 unspecified atom stereocenters. The first kappa shape index (κ1) is 10.8. The molecule has 38 valence electrons. The van der Waals surface area contributed by atoms with Crippen molar-refractivity contribution >= 4 is 55.1 Å². The Kier molecular flexibility index (Phi) is 15.5. The van der Waals surface area contributed by atoms with Gasteiger partial charge in [-0.3, -0.25) is 0 Å². The van der Waals surface area contributed by atoms with Crippen LogP contribution in [0.3, 0.4) is 0 Å². The van der Waals surface area contributed by atoms with Gasteiger partial charge in [0.1, 0.15) is 0 Å². The van der Waals surface area contributed by atoms with Crippen LogP contribution in [0.2, 0.25) is 0.515 Å². The molecule has 0 saturated heterocycles. The van der Waals surface area contributed by atoms with E-state index in [2.05, 4.69) is 6.92 Å². The molecule has 0 aromatic carbocycles. The van der Waals surface area contributed by atoms with Crippen LogP contribution in [0.4, 0.5) is 4.79 Å². The molecule has 0 fully saturated rings. The van der Waals surface area contributed by atoms with Gasteiger partial charge in [-0.15, -0.1) is 0 Å². The van der Waals surface area contributed by atoms with Gasteiger partial charge in [0.15, 0.2) is 0 Å². The Labute approximate surface area is 76.3 Å². The maximum Gasteiger partial charge on any atom is 0.503 e. The quantitative estimate of drug-likeness (QED) is 0.477. The minimum absolute atomic E-state index is 1.10. The number of carboxylic acid groups (broad SMARTS) is 2. The molecule has 0 rings (SSSR count). The van der Waals surface area contributed by atoms with Crippen molar-refractivity contribution in [3.63, 3.8) is 0 Å². The fraction of sp³-hybridized carbons (Fsp3) is 0.667. The topological polar surface area (TPSA) is 57.5 Å². The van der Waals surface area contributed by atoms with E-state index in [4.69, 9.17) is 15.0 Å². The van der Waals surface area contributed by atoms with Gasteiger partial charge in [-0.2, -0.15) is 0 Å². The minimum atomic E-state index is -1.83. The molecule has 0 bridgehead atoms. The van der Waals surface area contributed by atoms with Crippen LogP contribution in [0.15, 0.2) is 0 Å². The van der Waals surface area contributed by atoms with E-state index in [1.54, 1.807) is 0 Å². The summed E-state index contributed by atoms with van der Waals surface area (Å²) < 4.78 is 1.44. The fourth-order valence-corrected chi connectivity index (χ4v) is 0. The van der Waals surface area contributed by atoms with E-state index in [1.165, 1.54) is 0.515 Å². The molecule has 0 aromatic heterocycles. The summed E-state index contributed by atoms with van der Waals surface area (Å²) in [6.07, 6.45) is -1.83. The Balaban J connectivity index is 0. The van der Waals surface area contributed by atoms with Crippen LogP contribution in [-0.2, 0) is 0 Å². The van der Waals surface area contributed by atoms with Crippen LogP contribution < -0.4 is 0 Å². The van der Waals surface area contributed by atoms with Gasteiger partial charge in [-0.25, -0.2) is 4.79 Å². The van der Waals surface area contributed by atoms with Gasteiger partial charge < -0.3 is 10.2 Å². The molecule has 0 aliphatic rings. The zero-order valence-corrected chi connectivity index (χ0v) is 7.63. The predicted octanol–water partition coefficient (Wildman–Crippen LogP) is 0.815. The second-order valence-corrected chi connectivity index (χ2v) is 3.20. The van der Waals surface area contributed by atoms with Crippen LogP contribution in [0.1, 0.15) is 6.92 Å². The first-order valence-electron chi connectivity index (χ1n) is 2.07. The van der Waals surface area contributed by atoms with Crippen molar-refractivity contribution in [3.05, 3.63) is 0 Å².